The highest BCUT2D eigenvalue weighted by Crippen LogP contribution is 2.37. The van der Waals surface area contributed by atoms with E-state index in [-0.39, 0.29) is 0 Å². The van der Waals surface area contributed by atoms with Crippen molar-refractivity contribution in [1.82, 2.24) is 0 Å². The first-order valence-electron chi connectivity index (χ1n) is 6.47. The van der Waals surface area contributed by atoms with Gasteiger partial charge in [-0.3, -0.25) is 0 Å². The molecule has 0 aliphatic heterocycles. The number of methoxy groups -OCH3 is 1. The number of benzene rings is 1. The molecular weight excluding hydrogens is 228 g/mol. The van der Waals surface area contributed by atoms with Crippen LogP contribution in [-0.2, 0) is 0 Å². The van der Waals surface area contributed by atoms with E-state index in [0.29, 0.717) is 30.8 Å². The zero-order valence-corrected chi connectivity index (χ0v) is 12.0. The molecule has 0 aliphatic carbocycles. The van der Waals surface area contributed by atoms with Crippen molar-refractivity contribution in [2.24, 2.45) is 11.8 Å². The van der Waals surface area contributed by atoms with Crippen LogP contribution < -0.4 is 14.2 Å². The van der Waals surface area contributed by atoms with Crippen LogP contribution in [0.3, 0.4) is 0 Å². The first-order chi connectivity index (χ1) is 8.54. The average molecular weight is 252 g/mol. The molecule has 0 fully saturated rings. The normalized spacial score (nSPS) is 10.8. The number of para-hydroxylation sites is 1. The lowest BCUT2D eigenvalue weighted by Crippen LogP contribution is -2.09. The standard InChI is InChI=1S/C15H24O3/c1-11(2)9-17-14-8-6-7-13(16-5)15(14)18-10-12(3)4/h6-8,11-12H,9-10H2,1-5H3. The van der Waals surface area contributed by atoms with Gasteiger partial charge in [-0.05, 0) is 24.0 Å². The van der Waals surface area contributed by atoms with Crippen molar-refractivity contribution >= 4 is 0 Å². The molecule has 0 aromatic heterocycles. The summed E-state index contributed by atoms with van der Waals surface area (Å²) in [6.07, 6.45) is 0. The van der Waals surface area contributed by atoms with Gasteiger partial charge < -0.3 is 14.2 Å². The SMILES string of the molecule is COc1cccc(OCC(C)C)c1OCC(C)C. The first-order valence-corrected chi connectivity index (χ1v) is 6.47. The summed E-state index contributed by atoms with van der Waals surface area (Å²) in [5.74, 6) is 3.12. The Labute approximate surface area is 110 Å². The molecule has 0 spiro atoms. The van der Waals surface area contributed by atoms with E-state index < -0.39 is 0 Å². The van der Waals surface area contributed by atoms with E-state index in [2.05, 4.69) is 27.7 Å². The van der Waals surface area contributed by atoms with Gasteiger partial charge in [-0.25, -0.2) is 0 Å². The Bertz CT molecular complexity index is 359. The Morgan fingerprint density at radius 3 is 2.00 bits per heavy atom. The molecule has 1 aromatic rings. The molecule has 0 unspecified atom stereocenters. The predicted octanol–water partition coefficient (Wildman–Crippen LogP) is 3.76. The van der Waals surface area contributed by atoms with Crippen molar-refractivity contribution in [1.29, 1.82) is 0 Å². The summed E-state index contributed by atoms with van der Waals surface area (Å²) >= 11 is 0. The smallest absolute Gasteiger partial charge is 0.203 e. The highest BCUT2D eigenvalue weighted by Gasteiger charge is 2.13. The molecule has 3 heteroatoms. The minimum Gasteiger partial charge on any atom is -0.493 e. The number of hydrogen-bond acceptors (Lipinski definition) is 3. The second-order valence-electron chi connectivity index (χ2n) is 5.20. The summed E-state index contributed by atoms with van der Waals surface area (Å²) in [4.78, 5) is 0. The van der Waals surface area contributed by atoms with Gasteiger partial charge in [-0.2, -0.15) is 0 Å². The van der Waals surface area contributed by atoms with E-state index in [4.69, 9.17) is 14.2 Å². The first kappa shape index (κ1) is 14.7. The molecular formula is C15H24O3. The Morgan fingerprint density at radius 2 is 1.44 bits per heavy atom. The fourth-order valence-corrected chi connectivity index (χ4v) is 1.42. The lowest BCUT2D eigenvalue weighted by Gasteiger charge is -2.17. The number of hydrogen-bond donors (Lipinski definition) is 0. The van der Waals surface area contributed by atoms with E-state index in [1.165, 1.54) is 0 Å². The Balaban J connectivity index is 2.85. The monoisotopic (exact) mass is 252 g/mol. The maximum absolute atomic E-state index is 5.80. The molecule has 0 heterocycles. The van der Waals surface area contributed by atoms with Crippen LogP contribution in [0.2, 0.25) is 0 Å². The van der Waals surface area contributed by atoms with Gasteiger partial charge in [0.15, 0.2) is 11.5 Å². The van der Waals surface area contributed by atoms with Gasteiger partial charge in [-0.1, -0.05) is 33.8 Å². The zero-order chi connectivity index (χ0) is 13.5. The molecule has 0 amide bonds. The second-order valence-corrected chi connectivity index (χ2v) is 5.20. The van der Waals surface area contributed by atoms with Crippen LogP contribution in [-0.4, -0.2) is 20.3 Å². The van der Waals surface area contributed by atoms with Gasteiger partial charge in [0.05, 0.1) is 20.3 Å². The van der Waals surface area contributed by atoms with Crippen LogP contribution >= 0.6 is 0 Å². The van der Waals surface area contributed by atoms with E-state index in [9.17, 15) is 0 Å². The maximum Gasteiger partial charge on any atom is 0.203 e. The van der Waals surface area contributed by atoms with Gasteiger partial charge >= 0.3 is 0 Å². The van der Waals surface area contributed by atoms with Crippen LogP contribution in [0.1, 0.15) is 27.7 Å². The molecule has 0 bridgehead atoms. The van der Waals surface area contributed by atoms with Gasteiger partial charge in [0.1, 0.15) is 0 Å². The van der Waals surface area contributed by atoms with Crippen molar-refractivity contribution in [2.75, 3.05) is 20.3 Å². The number of rotatable bonds is 7. The molecule has 3 nitrogen and oxygen atoms in total. The second kappa shape index (κ2) is 7.14. The van der Waals surface area contributed by atoms with Gasteiger partial charge in [0.2, 0.25) is 5.75 Å². The van der Waals surface area contributed by atoms with Crippen molar-refractivity contribution < 1.29 is 14.2 Å². The van der Waals surface area contributed by atoms with Crippen LogP contribution in [0.4, 0.5) is 0 Å². The molecule has 18 heavy (non-hydrogen) atoms. The van der Waals surface area contributed by atoms with Gasteiger partial charge in [0.25, 0.3) is 0 Å². The minimum absolute atomic E-state index is 0.466. The van der Waals surface area contributed by atoms with Crippen molar-refractivity contribution in [3.8, 4) is 17.2 Å². The Morgan fingerprint density at radius 1 is 0.889 bits per heavy atom. The highest BCUT2D eigenvalue weighted by molar-refractivity contribution is 5.51. The predicted molar refractivity (Wildman–Crippen MR) is 73.7 cm³/mol. The fraction of sp³-hybridized carbons (Fsp3) is 0.600. The zero-order valence-electron chi connectivity index (χ0n) is 12.0. The van der Waals surface area contributed by atoms with Crippen molar-refractivity contribution in [2.45, 2.75) is 27.7 Å². The minimum atomic E-state index is 0.466. The Hall–Kier alpha value is -1.38. The third-order valence-electron chi connectivity index (χ3n) is 2.30. The molecule has 1 rings (SSSR count). The highest BCUT2D eigenvalue weighted by atomic mass is 16.5. The molecule has 0 atom stereocenters. The van der Waals surface area contributed by atoms with E-state index in [0.717, 1.165) is 11.5 Å². The third kappa shape index (κ3) is 4.47. The van der Waals surface area contributed by atoms with Crippen molar-refractivity contribution in [3.05, 3.63) is 18.2 Å². The fourth-order valence-electron chi connectivity index (χ4n) is 1.42. The quantitative estimate of drug-likeness (QED) is 0.739. The lowest BCUT2D eigenvalue weighted by molar-refractivity contribution is 0.220. The van der Waals surface area contributed by atoms with E-state index in [1.54, 1.807) is 7.11 Å². The largest absolute Gasteiger partial charge is 0.493 e. The lowest BCUT2D eigenvalue weighted by atomic mass is 10.2. The van der Waals surface area contributed by atoms with Crippen LogP contribution in [0.15, 0.2) is 18.2 Å². The molecule has 0 saturated heterocycles. The summed E-state index contributed by atoms with van der Waals surface area (Å²) in [5.41, 5.74) is 0. The van der Waals surface area contributed by atoms with Crippen LogP contribution in [0.5, 0.6) is 17.2 Å². The third-order valence-corrected chi connectivity index (χ3v) is 2.30. The van der Waals surface area contributed by atoms with E-state index >= 15 is 0 Å². The summed E-state index contributed by atoms with van der Waals surface area (Å²) in [7, 11) is 1.64. The Kier molecular flexibility index (Phi) is 5.83. The van der Waals surface area contributed by atoms with Gasteiger partial charge in [0, 0.05) is 0 Å². The maximum atomic E-state index is 5.80. The van der Waals surface area contributed by atoms with E-state index in [1.807, 2.05) is 18.2 Å². The summed E-state index contributed by atoms with van der Waals surface area (Å²) < 4.78 is 16.9. The number of ether oxygens (including phenoxy) is 3. The summed E-state index contributed by atoms with van der Waals surface area (Å²) in [6, 6.07) is 5.72. The molecule has 102 valence electrons. The summed E-state index contributed by atoms with van der Waals surface area (Å²) in [6.45, 7) is 9.79. The van der Waals surface area contributed by atoms with Gasteiger partial charge in [-0.15, -0.1) is 0 Å². The molecule has 1 aromatic carbocycles. The molecule has 0 saturated carbocycles. The molecule has 0 radical (unpaired) electrons. The average Bonchev–Trinajstić information content (AvgIpc) is 2.33. The van der Waals surface area contributed by atoms with Crippen molar-refractivity contribution in [3.63, 3.8) is 0 Å². The summed E-state index contributed by atoms with van der Waals surface area (Å²) in [5, 5.41) is 0. The van der Waals surface area contributed by atoms with Crippen LogP contribution in [0.25, 0.3) is 0 Å². The molecule has 0 N–H and O–H groups in total. The van der Waals surface area contributed by atoms with Crippen LogP contribution in [0, 0.1) is 11.8 Å². The molecule has 0 aliphatic rings. The topological polar surface area (TPSA) is 27.7 Å².